The van der Waals surface area contributed by atoms with Crippen LogP contribution in [0.4, 0.5) is 5.69 Å². The average Bonchev–Trinajstić information content (AvgIpc) is 3.12. The van der Waals surface area contributed by atoms with Crippen molar-refractivity contribution in [2.24, 2.45) is 4.99 Å². The number of hydrogen-bond donors (Lipinski definition) is 1. The monoisotopic (exact) mass is 439 g/mol. The van der Waals surface area contributed by atoms with Gasteiger partial charge in [0, 0.05) is 36.4 Å². The summed E-state index contributed by atoms with van der Waals surface area (Å²) in [4.78, 5) is 22.3. The van der Waals surface area contributed by atoms with E-state index in [0.29, 0.717) is 11.6 Å². The van der Waals surface area contributed by atoms with Gasteiger partial charge in [-0.3, -0.25) is 9.69 Å². The molecule has 1 saturated heterocycles. The summed E-state index contributed by atoms with van der Waals surface area (Å²) in [5, 5.41) is 10.6. The molecule has 174 valence electrons. The Morgan fingerprint density at radius 2 is 1.72 bits per heavy atom. The Balaban J connectivity index is 1.61. The van der Waals surface area contributed by atoms with Gasteiger partial charge in [0.1, 0.15) is 5.75 Å². The molecule has 1 N–H and O–H groups in total. The summed E-state index contributed by atoms with van der Waals surface area (Å²) in [5.41, 5.74) is 1.56. The van der Waals surface area contributed by atoms with Crippen molar-refractivity contribution in [1.82, 2.24) is 4.90 Å². The Hall–Kier alpha value is -2.50. The number of amidine groups is 1. The highest BCUT2D eigenvalue weighted by molar-refractivity contribution is 6.11. The van der Waals surface area contributed by atoms with Gasteiger partial charge in [-0.2, -0.15) is 0 Å². The number of ether oxygens (including phenoxy) is 1. The number of benzene rings is 1. The minimum atomic E-state index is -0.126. The summed E-state index contributed by atoms with van der Waals surface area (Å²) in [6.07, 6.45) is 12.9. The topological polar surface area (TPSA) is 65.4 Å². The van der Waals surface area contributed by atoms with E-state index in [1.165, 1.54) is 25.7 Å². The zero-order chi connectivity index (χ0) is 22.5. The van der Waals surface area contributed by atoms with Crippen molar-refractivity contribution < 1.29 is 14.6 Å². The molecular formula is C26H37N3O3. The summed E-state index contributed by atoms with van der Waals surface area (Å²) in [6, 6.07) is 6.46. The molecule has 0 bridgehead atoms. The standard InChI is InChI=1S/C26H37N3O3/c1-3-28(4-2)22-16-15-19(23(30)18-22)17-24-25(31)29(21-13-9-6-10-14-21)26(32-24)27-20-11-7-5-8-12-20/h15-18,20-21,30H,3-14H2,1-2H3/b24-17+,27-26?. The van der Waals surface area contributed by atoms with Crippen LogP contribution in [0.15, 0.2) is 29.0 Å². The quantitative estimate of drug-likeness (QED) is 0.598. The van der Waals surface area contributed by atoms with Gasteiger partial charge >= 0.3 is 6.02 Å². The lowest BCUT2D eigenvalue weighted by atomic mass is 9.94. The van der Waals surface area contributed by atoms with Crippen LogP contribution in [0.1, 0.15) is 83.6 Å². The molecule has 0 atom stereocenters. The van der Waals surface area contributed by atoms with E-state index in [9.17, 15) is 9.90 Å². The first-order chi connectivity index (χ1) is 15.6. The molecule has 0 aromatic heterocycles. The maximum absolute atomic E-state index is 13.4. The van der Waals surface area contributed by atoms with E-state index in [1.807, 2.05) is 12.1 Å². The molecule has 1 heterocycles. The molecule has 0 unspecified atom stereocenters. The third kappa shape index (κ3) is 4.94. The number of carbonyl (C=O) groups excluding carboxylic acids is 1. The van der Waals surface area contributed by atoms with Gasteiger partial charge in [0.15, 0.2) is 5.76 Å². The van der Waals surface area contributed by atoms with Crippen molar-refractivity contribution in [2.45, 2.75) is 90.1 Å². The molecule has 2 aliphatic carbocycles. The summed E-state index contributed by atoms with van der Waals surface area (Å²) >= 11 is 0. The second-order valence-corrected chi connectivity index (χ2v) is 9.20. The fourth-order valence-corrected chi connectivity index (χ4v) is 5.18. The predicted octanol–water partition coefficient (Wildman–Crippen LogP) is 5.46. The highest BCUT2D eigenvalue weighted by Gasteiger charge is 2.40. The predicted molar refractivity (Wildman–Crippen MR) is 129 cm³/mol. The van der Waals surface area contributed by atoms with E-state index in [0.717, 1.165) is 57.3 Å². The van der Waals surface area contributed by atoms with E-state index in [2.05, 4.69) is 18.7 Å². The van der Waals surface area contributed by atoms with Crippen LogP contribution in [0.3, 0.4) is 0 Å². The second kappa shape index (κ2) is 10.4. The number of hydrogen-bond acceptors (Lipinski definition) is 5. The number of anilines is 1. The summed E-state index contributed by atoms with van der Waals surface area (Å²) in [5.74, 6) is 0.287. The minimum Gasteiger partial charge on any atom is -0.507 e. The maximum atomic E-state index is 13.4. The fourth-order valence-electron chi connectivity index (χ4n) is 5.18. The van der Waals surface area contributed by atoms with Crippen molar-refractivity contribution in [1.29, 1.82) is 0 Å². The average molecular weight is 440 g/mol. The molecule has 2 saturated carbocycles. The molecule has 4 rings (SSSR count). The van der Waals surface area contributed by atoms with Gasteiger partial charge in [0.25, 0.3) is 5.91 Å². The van der Waals surface area contributed by atoms with Gasteiger partial charge in [-0.15, -0.1) is 0 Å². The molecule has 1 amide bonds. The Kier molecular flexibility index (Phi) is 7.38. The summed E-state index contributed by atoms with van der Waals surface area (Å²) in [6.45, 7) is 5.92. The van der Waals surface area contributed by atoms with Gasteiger partial charge in [0.05, 0.1) is 6.04 Å². The lowest BCUT2D eigenvalue weighted by Crippen LogP contribution is -2.41. The Bertz CT molecular complexity index is 863. The van der Waals surface area contributed by atoms with Crippen LogP contribution in [0.2, 0.25) is 0 Å². The van der Waals surface area contributed by atoms with Crippen molar-refractivity contribution in [3.8, 4) is 5.75 Å². The lowest BCUT2D eigenvalue weighted by Gasteiger charge is -2.29. The first kappa shape index (κ1) is 22.7. The number of aromatic hydroxyl groups is 1. The van der Waals surface area contributed by atoms with E-state index in [4.69, 9.17) is 9.73 Å². The van der Waals surface area contributed by atoms with Crippen LogP contribution in [0.5, 0.6) is 5.75 Å². The molecule has 1 aromatic rings. The lowest BCUT2D eigenvalue weighted by molar-refractivity contribution is -0.124. The molecule has 3 aliphatic rings. The van der Waals surface area contributed by atoms with Crippen molar-refractivity contribution in [2.75, 3.05) is 18.0 Å². The fraction of sp³-hybridized carbons (Fsp3) is 0.615. The first-order valence-electron chi connectivity index (χ1n) is 12.5. The Morgan fingerprint density at radius 3 is 2.34 bits per heavy atom. The van der Waals surface area contributed by atoms with Gasteiger partial charge in [0.2, 0.25) is 0 Å². The molecule has 32 heavy (non-hydrogen) atoms. The molecule has 3 fully saturated rings. The van der Waals surface area contributed by atoms with Crippen LogP contribution in [0, 0.1) is 0 Å². The van der Waals surface area contributed by atoms with Crippen LogP contribution in [-0.2, 0) is 9.53 Å². The third-order valence-corrected chi connectivity index (χ3v) is 7.07. The Morgan fingerprint density at radius 1 is 1.06 bits per heavy atom. The van der Waals surface area contributed by atoms with Gasteiger partial charge in [-0.1, -0.05) is 38.5 Å². The van der Waals surface area contributed by atoms with Gasteiger partial charge in [-0.05, 0) is 57.7 Å². The highest BCUT2D eigenvalue weighted by Crippen LogP contribution is 2.33. The zero-order valence-corrected chi connectivity index (χ0v) is 19.6. The molecule has 1 aromatic carbocycles. The highest BCUT2D eigenvalue weighted by atomic mass is 16.5. The van der Waals surface area contributed by atoms with Crippen LogP contribution in [0.25, 0.3) is 6.08 Å². The van der Waals surface area contributed by atoms with Crippen molar-refractivity contribution >= 4 is 23.7 Å². The molecule has 6 heteroatoms. The maximum Gasteiger partial charge on any atom is 0.300 e. The van der Waals surface area contributed by atoms with E-state index in [1.54, 1.807) is 17.0 Å². The minimum absolute atomic E-state index is 0.126. The smallest absolute Gasteiger partial charge is 0.300 e. The summed E-state index contributed by atoms with van der Waals surface area (Å²) < 4.78 is 6.09. The number of phenols is 1. The third-order valence-electron chi connectivity index (χ3n) is 7.07. The number of rotatable bonds is 6. The van der Waals surface area contributed by atoms with Crippen molar-refractivity contribution in [3.63, 3.8) is 0 Å². The van der Waals surface area contributed by atoms with Gasteiger partial charge < -0.3 is 14.7 Å². The number of amides is 1. The number of carbonyl (C=O) groups is 1. The Labute approximate surface area is 192 Å². The van der Waals surface area contributed by atoms with Crippen LogP contribution < -0.4 is 4.90 Å². The molecular weight excluding hydrogens is 402 g/mol. The van der Waals surface area contributed by atoms with E-state index in [-0.39, 0.29) is 29.5 Å². The van der Waals surface area contributed by atoms with Crippen molar-refractivity contribution in [3.05, 3.63) is 29.5 Å². The number of nitrogens with zero attached hydrogens (tertiary/aromatic N) is 3. The molecule has 0 spiro atoms. The summed E-state index contributed by atoms with van der Waals surface area (Å²) in [7, 11) is 0. The molecule has 6 nitrogen and oxygen atoms in total. The number of phenolic OH excluding ortho intramolecular Hbond substituents is 1. The number of aliphatic imine (C=N–C) groups is 1. The molecule has 0 radical (unpaired) electrons. The molecule has 1 aliphatic heterocycles. The zero-order valence-electron chi connectivity index (χ0n) is 19.6. The SMILES string of the molecule is CCN(CC)c1ccc(/C=C2/OC(=NC3CCCCC3)N(C3CCCCC3)C2=O)c(O)c1. The van der Waals surface area contributed by atoms with Crippen LogP contribution in [-0.4, -0.2) is 47.1 Å². The van der Waals surface area contributed by atoms with Crippen LogP contribution >= 0.6 is 0 Å². The first-order valence-corrected chi connectivity index (χ1v) is 12.5. The van der Waals surface area contributed by atoms with E-state index >= 15 is 0 Å². The van der Waals surface area contributed by atoms with Gasteiger partial charge in [-0.25, -0.2) is 4.99 Å². The van der Waals surface area contributed by atoms with E-state index < -0.39 is 0 Å². The largest absolute Gasteiger partial charge is 0.507 e. The normalized spacial score (nSPS) is 23.2. The second-order valence-electron chi connectivity index (χ2n) is 9.20.